The molecule has 5 heterocycles. The molecule has 0 aromatic heterocycles. The van der Waals surface area contributed by atoms with Gasteiger partial charge in [0, 0.05) is 13.8 Å². The summed E-state index contributed by atoms with van der Waals surface area (Å²) in [4.78, 5) is 49.1. The van der Waals surface area contributed by atoms with Crippen molar-refractivity contribution in [3.05, 3.63) is 0 Å². The van der Waals surface area contributed by atoms with E-state index in [1.54, 1.807) is 0 Å². The standard InChI is InChI=1S/C34H54N2O28/c1-6(40)35-11-15(44)22(59-33-20(49)17(46)18(47)25(62-33)28(51)52)10(5-39)58-31(11)61-24-21(50)26(63-32-19(48)16(45)13(42)8(3-37)57-32)34(64-27(24)29(53)54)60-23-12(36-7(2)41)30(55)56-9(4-38)14(23)43/h8-27,30-34,37-39,42-50,55H,3-5H2,1-2H3,(H,35,40)(H,36,41)(H,51,52)(H,53,54)/t8-,9-,10-,11-,12-,13-,14+,15-,16+,17+,18-,19-,20-,21+,22+,23-,24+,25+,26-,27+,30?,31+,32+,33+,34-/m1/s1. The van der Waals surface area contributed by atoms with Crippen molar-refractivity contribution in [2.45, 2.75) is 167 Å². The molecule has 0 aromatic rings. The van der Waals surface area contributed by atoms with Crippen LogP contribution in [0.5, 0.6) is 0 Å². The van der Waals surface area contributed by atoms with Crippen molar-refractivity contribution < 1.29 is 138 Å². The molecule has 0 saturated carbocycles. The summed E-state index contributed by atoms with van der Waals surface area (Å²) in [7, 11) is 0. The summed E-state index contributed by atoms with van der Waals surface area (Å²) in [5.41, 5.74) is 0. The Balaban J connectivity index is 1.50. The van der Waals surface area contributed by atoms with Crippen molar-refractivity contribution in [1.29, 1.82) is 0 Å². The van der Waals surface area contributed by atoms with Gasteiger partial charge >= 0.3 is 11.9 Å². The molecule has 5 aliphatic rings. The van der Waals surface area contributed by atoms with Crippen LogP contribution in [0.15, 0.2) is 0 Å². The third kappa shape index (κ3) is 10.9. The van der Waals surface area contributed by atoms with Crippen LogP contribution in [0.4, 0.5) is 0 Å². The lowest BCUT2D eigenvalue weighted by molar-refractivity contribution is -0.392. The number of hydrogen-bond acceptors (Lipinski definition) is 26. The molecule has 30 nitrogen and oxygen atoms in total. The highest BCUT2D eigenvalue weighted by Crippen LogP contribution is 2.37. The zero-order valence-electron chi connectivity index (χ0n) is 33.6. The predicted octanol–water partition coefficient (Wildman–Crippen LogP) is -11.5. The van der Waals surface area contributed by atoms with Crippen LogP contribution in [0.25, 0.3) is 0 Å². The molecule has 5 saturated heterocycles. The second-order valence-electron chi connectivity index (χ2n) is 15.5. The van der Waals surface area contributed by atoms with E-state index in [1.165, 1.54) is 0 Å². The number of amides is 2. The van der Waals surface area contributed by atoms with Crippen LogP contribution < -0.4 is 10.6 Å². The first-order valence-electron chi connectivity index (χ1n) is 19.6. The van der Waals surface area contributed by atoms with Gasteiger partial charge in [-0.25, -0.2) is 9.59 Å². The van der Waals surface area contributed by atoms with E-state index in [2.05, 4.69) is 10.6 Å². The summed E-state index contributed by atoms with van der Waals surface area (Å²) >= 11 is 0. The van der Waals surface area contributed by atoms with E-state index in [9.17, 15) is 95.8 Å². The van der Waals surface area contributed by atoms with E-state index in [4.69, 9.17) is 42.6 Å². The van der Waals surface area contributed by atoms with Crippen LogP contribution in [-0.2, 0) is 61.8 Å². The molecule has 1 unspecified atom stereocenters. The number of hydrogen-bond donors (Lipinski definition) is 17. The molecule has 30 heteroatoms. The number of ether oxygens (including phenoxy) is 9. The monoisotopic (exact) mass is 938 g/mol. The fourth-order valence-electron chi connectivity index (χ4n) is 7.77. The largest absolute Gasteiger partial charge is 0.479 e. The van der Waals surface area contributed by atoms with E-state index in [0.717, 1.165) is 13.8 Å². The highest BCUT2D eigenvalue weighted by atomic mass is 16.8. The Morgan fingerprint density at radius 1 is 0.422 bits per heavy atom. The minimum absolute atomic E-state index is 0.827. The normalized spacial score (nSPS) is 47.6. The van der Waals surface area contributed by atoms with Gasteiger partial charge in [0.05, 0.1) is 19.8 Å². The van der Waals surface area contributed by atoms with Gasteiger partial charge in [-0.3, -0.25) is 9.59 Å². The fourth-order valence-corrected chi connectivity index (χ4v) is 7.77. The van der Waals surface area contributed by atoms with Gasteiger partial charge in [-0.05, 0) is 0 Å². The third-order valence-electron chi connectivity index (χ3n) is 11.1. The summed E-state index contributed by atoms with van der Waals surface area (Å²) in [5.74, 6) is -5.51. The summed E-state index contributed by atoms with van der Waals surface area (Å²) in [5, 5.41) is 162. The summed E-state index contributed by atoms with van der Waals surface area (Å²) in [6, 6.07) is -3.63. The number of rotatable bonds is 15. The molecule has 5 aliphatic heterocycles. The number of carbonyl (C=O) groups excluding carboxylic acids is 2. The average molecular weight is 939 g/mol. The van der Waals surface area contributed by atoms with Crippen LogP contribution in [0.1, 0.15) is 13.8 Å². The molecule has 5 fully saturated rings. The minimum Gasteiger partial charge on any atom is -0.479 e. The molecule has 5 rings (SSSR count). The highest BCUT2D eigenvalue weighted by molar-refractivity contribution is 5.74. The molecule has 25 atom stereocenters. The van der Waals surface area contributed by atoms with E-state index >= 15 is 0 Å². The van der Waals surface area contributed by atoms with Crippen molar-refractivity contribution >= 4 is 23.8 Å². The van der Waals surface area contributed by atoms with Gasteiger partial charge < -0.3 is 130 Å². The van der Waals surface area contributed by atoms with Crippen molar-refractivity contribution in [2.75, 3.05) is 19.8 Å². The number of carboxylic acids is 2. The van der Waals surface area contributed by atoms with Crippen molar-refractivity contribution in [3.8, 4) is 0 Å². The minimum atomic E-state index is -2.46. The number of nitrogens with one attached hydrogen (secondary N) is 2. The number of aliphatic hydroxyl groups is 13. The van der Waals surface area contributed by atoms with Crippen molar-refractivity contribution in [3.63, 3.8) is 0 Å². The second kappa shape index (κ2) is 21.7. The maximum absolute atomic E-state index is 12.9. The number of aliphatic hydroxyl groups excluding tert-OH is 13. The Morgan fingerprint density at radius 3 is 1.42 bits per heavy atom. The topological polar surface area (TPSA) is 479 Å². The lowest BCUT2D eigenvalue weighted by atomic mass is 9.93. The molecule has 0 spiro atoms. The third-order valence-corrected chi connectivity index (χ3v) is 11.1. The highest BCUT2D eigenvalue weighted by Gasteiger charge is 2.59. The Bertz CT molecular complexity index is 1600. The summed E-state index contributed by atoms with van der Waals surface area (Å²) in [6.07, 6.45) is -48.3. The van der Waals surface area contributed by atoms with Gasteiger partial charge in [0.2, 0.25) is 11.8 Å². The van der Waals surface area contributed by atoms with Crippen LogP contribution >= 0.6 is 0 Å². The molecule has 0 radical (unpaired) electrons. The maximum Gasteiger partial charge on any atom is 0.335 e. The van der Waals surface area contributed by atoms with Gasteiger partial charge in [0.25, 0.3) is 0 Å². The van der Waals surface area contributed by atoms with E-state index in [1.807, 2.05) is 0 Å². The Morgan fingerprint density at radius 2 is 0.875 bits per heavy atom. The molecule has 2 amide bonds. The van der Waals surface area contributed by atoms with Gasteiger partial charge in [-0.15, -0.1) is 0 Å². The summed E-state index contributed by atoms with van der Waals surface area (Å²) in [6.45, 7) is -1.13. The van der Waals surface area contributed by atoms with Crippen LogP contribution in [-0.4, -0.2) is 274 Å². The molecule has 17 N–H and O–H groups in total. The lowest BCUT2D eigenvalue weighted by Gasteiger charge is -2.50. The first-order chi connectivity index (χ1) is 30.1. The van der Waals surface area contributed by atoms with Crippen molar-refractivity contribution in [1.82, 2.24) is 10.6 Å². The SMILES string of the molecule is CC(=O)N[C@H]1[C@H](O[C@H]2[C@H](O)[C@@H](O[C@@H]3O[C@H](CO)[C@@H](O)[C@H](O)[C@H]3O)[C@H](O[C@H]3[C@@H](O)[C@@H](CO)OC(O)[C@@H]3NC(C)=O)O[C@@H]2C(=O)O)O[C@H](CO)[C@H](O[C@H]2O[C@H](C(=O)O)[C@H](O)[C@H](O)[C@H]2O)[C@@H]1O. The zero-order chi connectivity index (χ0) is 47.6. The molecular formula is C34H54N2O28. The molecule has 64 heavy (non-hydrogen) atoms. The van der Waals surface area contributed by atoms with Gasteiger partial charge in [-0.2, -0.15) is 0 Å². The molecule has 0 bridgehead atoms. The van der Waals surface area contributed by atoms with E-state index in [-0.39, 0.29) is 0 Å². The number of carboxylic acid groups (broad SMARTS) is 2. The van der Waals surface area contributed by atoms with Crippen LogP contribution in [0.2, 0.25) is 0 Å². The fraction of sp³-hybridized carbons (Fsp3) is 0.882. The smallest absolute Gasteiger partial charge is 0.335 e. The van der Waals surface area contributed by atoms with Gasteiger partial charge in [-0.1, -0.05) is 0 Å². The molecule has 368 valence electrons. The van der Waals surface area contributed by atoms with Gasteiger partial charge in [0.15, 0.2) is 43.7 Å². The van der Waals surface area contributed by atoms with Crippen LogP contribution in [0.3, 0.4) is 0 Å². The van der Waals surface area contributed by atoms with Gasteiger partial charge in [0.1, 0.15) is 110 Å². The predicted molar refractivity (Wildman–Crippen MR) is 191 cm³/mol. The first kappa shape index (κ1) is 52.0. The Kier molecular flexibility index (Phi) is 17.7. The van der Waals surface area contributed by atoms with Crippen molar-refractivity contribution in [2.24, 2.45) is 0 Å². The molecule has 0 aromatic carbocycles. The lowest BCUT2D eigenvalue weighted by Crippen LogP contribution is -2.71. The Labute approximate surface area is 359 Å². The maximum atomic E-state index is 12.9. The second-order valence-corrected chi connectivity index (χ2v) is 15.5. The first-order valence-corrected chi connectivity index (χ1v) is 19.6. The zero-order valence-corrected chi connectivity index (χ0v) is 33.6. The molecule has 0 aliphatic carbocycles. The quantitative estimate of drug-likeness (QED) is 0.0725. The number of carbonyl (C=O) groups is 4. The molecular weight excluding hydrogens is 884 g/mol. The average Bonchev–Trinajstić information content (AvgIpc) is 3.23. The Hall–Kier alpha value is -3.00. The van der Waals surface area contributed by atoms with Crippen LogP contribution in [0, 0.1) is 0 Å². The summed E-state index contributed by atoms with van der Waals surface area (Å²) < 4.78 is 50.2. The van der Waals surface area contributed by atoms with E-state index in [0.29, 0.717) is 0 Å². The number of aliphatic carboxylic acids is 2. The van der Waals surface area contributed by atoms with E-state index < -0.39 is 197 Å².